The van der Waals surface area contributed by atoms with Crippen LogP contribution >= 0.6 is 0 Å². The molecule has 0 bridgehead atoms. The van der Waals surface area contributed by atoms with E-state index in [2.05, 4.69) is 20.0 Å². The van der Waals surface area contributed by atoms with Gasteiger partial charge in [-0.1, -0.05) is 5.16 Å². The number of hydrogen-bond donors (Lipinski definition) is 0. The lowest BCUT2D eigenvalue weighted by Crippen LogP contribution is -2.30. The average molecular weight is 319 g/mol. The van der Waals surface area contributed by atoms with Gasteiger partial charge in [-0.25, -0.2) is 4.63 Å². The first-order valence-corrected chi connectivity index (χ1v) is 7.74. The van der Waals surface area contributed by atoms with Crippen LogP contribution in [0.2, 0.25) is 0 Å². The Balaban J connectivity index is 1.79. The summed E-state index contributed by atoms with van der Waals surface area (Å²) in [5.74, 6) is 0.305. The topological polar surface area (TPSA) is 86.3 Å². The Morgan fingerprint density at radius 3 is 2.87 bits per heavy atom. The molecule has 0 radical (unpaired) electrons. The molecule has 2 aromatic heterocycles. The lowest BCUT2D eigenvalue weighted by Gasteiger charge is -2.16. The molecule has 23 heavy (non-hydrogen) atoms. The van der Waals surface area contributed by atoms with E-state index in [0.29, 0.717) is 32.0 Å². The van der Waals surface area contributed by atoms with E-state index in [-0.39, 0.29) is 23.4 Å². The number of amides is 1. The number of carbonyl (C=O) groups excluding carboxylic acids is 1. The van der Waals surface area contributed by atoms with Gasteiger partial charge in [-0.3, -0.25) is 9.48 Å². The van der Waals surface area contributed by atoms with Crippen LogP contribution < -0.4 is 0 Å². The Morgan fingerprint density at radius 2 is 2.26 bits per heavy atom. The number of aromatic nitrogens is 4. The van der Waals surface area contributed by atoms with E-state index < -0.39 is 0 Å². The number of rotatable bonds is 5. The Morgan fingerprint density at radius 1 is 1.43 bits per heavy atom. The molecule has 1 aliphatic rings. The Hall–Kier alpha value is -2.22. The smallest absolute Gasteiger partial charge is 0.278 e. The van der Waals surface area contributed by atoms with Crippen molar-refractivity contribution in [1.82, 2.24) is 25.0 Å². The molecule has 124 valence electrons. The second-order valence-electron chi connectivity index (χ2n) is 5.88. The van der Waals surface area contributed by atoms with Gasteiger partial charge in [0.15, 0.2) is 5.69 Å². The van der Waals surface area contributed by atoms with Crippen molar-refractivity contribution in [1.29, 1.82) is 0 Å². The van der Waals surface area contributed by atoms with Crippen molar-refractivity contribution in [3.8, 4) is 0 Å². The number of aryl methyl sites for hydroxylation is 2. The van der Waals surface area contributed by atoms with Crippen LogP contribution in [0.25, 0.3) is 0 Å². The monoisotopic (exact) mass is 319 g/mol. The molecule has 2 atom stereocenters. The van der Waals surface area contributed by atoms with E-state index >= 15 is 0 Å². The van der Waals surface area contributed by atoms with Crippen LogP contribution in [0.15, 0.2) is 17.0 Å². The largest absolute Gasteiger partial charge is 0.381 e. The summed E-state index contributed by atoms with van der Waals surface area (Å²) in [4.78, 5) is 14.4. The Bertz CT molecular complexity index is 680. The van der Waals surface area contributed by atoms with E-state index in [1.165, 1.54) is 0 Å². The highest BCUT2D eigenvalue weighted by atomic mass is 16.6. The van der Waals surface area contributed by atoms with Crippen molar-refractivity contribution < 1.29 is 14.2 Å². The van der Waals surface area contributed by atoms with Gasteiger partial charge in [0.05, 0.1) is 12.8 Å². The number of hydrogen-bond acceptors (Lipinski definition) is 6. The van der Waals surface area contributed by atoms with Gasteiger partial charge < -0.3 is 9.64 Å². The predicted molar refractivity (Wildman–Crippen MR) is 80.9 cm³/mol. The highest BCUT2D eigenvalue weighted by molar-refractivity contribution is 5.93. The molecular weight excluding hydrogens is 298 g/mol. The number of nitrogens with zero attached hydrogens (tertiary/aromatic N) is 5. The van der Waals surface area contributed by atoms with Gasteiger partial charge in [0.2, 0.25) is 0 Å². The molecule has 0 N–H and O–H groups in total. The van der Waals surface area contributed by atoms with Gasteiger partial charge in [0, 0.05) is 44.8 Å². The Labute approximate surface area is 134 Å². The third-order valence-electron chi connectivity index (χ3n) is 4.27. The summed E-state index contributed by atoms with van der Waals surface area (Å²) in [5.41, 5.74) is 1.93. The zero-order valence-corrected chi connectivity index (χ0v) is 13.6. The predicted octanol–water partition coefficient (Wildman–Crippen LogP) is 1.00. The molecule has 1 amide bonds. The van der Waals surface area contributed by atoms with Crippen LogP contribution in [0.3, 0.4) is 0 Å². The molecule has 3 rings (SSSR count). The fourth-order valence-electron chi connectivity index (χ4n) is 3.06. The van der Waals surface area contributed by atoms with Crippen LogP contribution in [0.1, 0.15) is 34.6 Å². The maximum Gasteiger partial charge on any atom is 0.278 e. The minimum Gasteiger partial charge on any atom is -0.381 e. The minimum atomic E-state index is -0.142. The van der Waals surface area contributed by atoms with Crippen molar-refractivity contribution in [3.05, 3.63) is 29.3 Å². The second kappa shape index (κ2) is 6.49. The van der Waals surface area contributed by atoms with E-state index in [9.17, 15) is 4.79 Å². The lowest BCUT2D eigenvalue weighted by molar-refractivity contribution is 0.0751. The minimum absolute atomic E-state index is 0.142. The third-order valence-corrected chi connectivity index (χ3v) is 4.27. The second-order valence-corrected chi connectivity index (χ2v) is 5.88. The number of likely N-dealkylation sites (tertiary alicyclic amines) is 1. The van der Waals surface area contributed by atoms with Crippen molar-refractivity contribution in [2.75, 3.05) is 26.3 Å². The van der Waals surface area contributed by atoms with Crippen LogP contribution in [0, 0.1) is 12.8 Å². The van der Waals surface area contributed by atoms with Crippen LogP contribution in [-0.2, 0) is 11.8 Å². The first-order valence-electron chi connectivity index (χ1n) is 7.74. The zero-order valence-electron chi connectivity index (χ0n) is 13.6. The Kier molecular flexibility index (Phi) is 4.42. The molecule has 0 aliphatic carbocycles. The van der Waals surface area contributed by atoms with Gasteiger partial charge >= 0.3 is 0 Å². The van der Waals surface area contributed by atoms with E-state index in [0.717, 1.165) is 5.56 Å². The molecule has 0 aromatic carbocycles. The number of carbonyl (C=O) groups is 1. The molecule has 3 heterocycles. The summed E-state index contributed by atoms with van der Waals surface area (Å²) < 4.78 is 12.0. The van der Waals surface area contributed by atoms with Gasteiger partial charge in [-0.05, 0) is 24.6 Å². The van der Waals surface area contributed by atoms with E-state index in [1.807, 2.05) is 26.4 Å². The van der Waals surface area contributed by atoms with Crippen LogP contribution in [0.4, 0.5) is 0 Å². The van der Waals surface area contributed by atoms with E-state index in [1.54, 1.807) is 16.5 Å². The first-order chi connectivity index (χ1) is 11.1. The summed E-state index contributed by atoms with van der Waals surface area (Å²) >= 11 is 0. The summed E-state index contributed by atoms with van der Waals surface area (Å²) in [6.07, 6.45) is 3.86. The van der Waals surface area contributed by atoms with Crippen molar-refractivity contribution in [2.24, 2.45) is 13.0 Å². The lowest BCUT2D eigenvalue weighted by atomic mass is 9.92. The molecule has 8 heteroatoms. The van der Waals surface area contributed by atoms with Gasteiger partial charge in [-0.15, -0.1) is 0 Å². The summed E-state index contributed by atoms with van der Waals surface area (Å²) in [6.45, 7) is 6.23. The highest BCUT2D eigenvalue weighted by Gasteiger charge is 2.38. The average Bonchev–Trinajstić information content (AvgIpc) is 3.24. The molecule has 0 saturated carbocycles. The summed E-state index contributed by atoms with van der Waals surface area (Å²) in [6, 6.07) is 0. The molecule has 1 fully saturated rings. The fourth-order valence-corrected chi connectivity index (χ4v) is 3.06. The van der Waals surface area contributed by atoms with Crippen molar-refractivity contribution in [3.63, 3.8) is 0 Å². The maximum atomic E-state index is 12.6. The molecule has 0 spiro atoms. The van der Waals surface area contributed by atoms with Crippen molar-refractivity contribution in [2.45, 2.75) is 19.8 Å². The first kappa shape index (κ1) is 15.7. The van der Waals surface area contributed by atoms with Gasteiger partial charge in [0.1, 0.15) is 5.69 Å². The van der Waals surface area contributed by atoms with Crippen LogP contribution in [-0.4, -0.2) is 57.2 Å². The van der Waals surface area contributed by atoms with Crippen molar-refractivity contribution >= 4 is 5.91 Å². The van der Waals surface area contributed by atoms with Gasteiger partial charge in [-0.2, -0.15) is 5.10 Å². The molecular formula is C15H21N5O3. The molecule has 8 nitrogen and oxygen atoms in total. The fraction of sp³-hybridized carbons (Fsp3) is 0.600. The third kappa shape index (κ3) is 3.12. The van der Waals surface area contributed by atoms with Crippen LogP contribution in [0.5, 0.6) is 0 Å². The maximum absolute atomic E-state index is 12.6. The van der Waals surface area contributed by atoms with Gasteiger partial charge in [0.25, 0.3) is 5.91 Å². The summed E-state index contributed by atoms with van der Waals surface area (Å²) in [5, 5.41) is 11.7. The zero-order chi connectivity index (χ0) is 16.4. The molecule has 0 unspecified atom stereocenters. The molecule has 1 aliphatic heterocycles. The van der Waals surface area contributed by atoms with E-state index in [4.69, 9.17) is 4.74 Å². The number of ether oxygens (including phenoxy) is 1. The molecule has 2 aromatic rings. The standard InChI is InChI=1S/C15H21N5O3/c1-4-22-9-12-7-20(15(21)14-10(2)17-23-18-14)8-13(12)11-5-16-19(3)6-11/h5-6,12-13H,4,7-9H2,1-3H3/t12-,13-/m0/s1. The molecule has 1 saturated heterocycles. The SMILES string of the molecule is CCOC[C@@H]1CN(C(=O)c2nonc2C)C[C@H]1c1cnn(C)c1. The highest BCUT2D eigenvalue weighted by Crippen LogP contribution is 2.33. The normalized spacial score (nSPS) is 21.1. The quantitative estimate of drug-likeness (QED) is 0.817. The summed E-state index contributed by atoms with van der Waals surface area (Å²) in [7, 11) is 1.89.